The lowest BCUT2D eigenvalue weighted by atomic mass is 10.1. The first-order chi connectivity index (χ1) is 18.5. The molecule has 0 aromatic carbocycles. The molecule has 0 bridgehead atoms. The largest absolute Gasteiger partial charge is 0.387 e. The number of aliphatic hydroxyl groups excluding tert-OH is 2. The molecule has 1 aliphatic heterocycles. The number of allylic oxidation sites excluding steroid dienone is 2. The van der Waals surface area contributed by atoms with Gasteiger partial charge in [-0.1, -0.05) is 76.9 Å². The number of fused-ring (bicyclic) bond motifs is 1. The molecule has 1 saturated heterocycles. The second-order valence-electron chi connectivity index (χ2n) is 10.3. The van der Waals surface area contributed by atoms with E-state index in [4.69, 9.17) is 15.2 Å². The van der Waals surface area contributed by atoms with E-state index in [1.807, 2.05) is 0 Å². The van der Waals surface area contributed by atoms with E-state index in [0.29, 0.717) is 6.61 Å². The zero-order valence-corrected chi connectivity index (χ0v) is 22.9. The molecule has 10 heteroatoms. The molecule has 38 heavy (non-hydrogen) atoms. The standard InChI is InChI=1S/C28H47N5O5/c1-2-3-4-5-6-7-8-9-10-11-12-13-14-15-16-17-18-37-19-21-23(34)24(35)27(38-21)33-20-30-22-25(33)31-28(29)32-26(22)36/h9-10,20-21,23-24,27,34-35H,2-8,11-19H2,1H3,(H3,29,31,32,36)/b10-9-/t21-,23-,24-,27-/m1/s1. The Labute approximate surface area is 225 Å². The van der Waals surface area contributed by atoms with Crippen molar-refractivity contribution in [2.24, 2.45) is 0 Å². The molecular weight excluding hydrogens is 486 g/mol. The Morgan fingerprint density at radius 3 is 2.32 bits per heavy atom. The van der Waals surface area contributed by atoms with Gasteiger partial charge in [-0.25, -0.2) is 4.98 Å². The number of H-pyrrole nitrogens is 1. The monoisotopic (exact) mass is 533 g/mol. The zero-order chi connectivity index (χ0) is 27.2. The number of unbranched alkanes of at least 4 members (excludes halogenated alkanes) is 12. The lowest BCUT2D eigenvalue weighted by Crippen LogP contribution is -2.34. The van der Waals surface area contributed by atoms with Crippen LogP contribution < -0.4 is 11.3 Å². The van der Waals surface area contributed by atoms with E-state index in [1.165, 1.54) is 87.9 Å². The second-order valence-corrected chi connectivity index (χ2v) is 10.3. The number of aliphatic hydroxyl groups is 2. The third-order valence-electron chi connectivity index (χ3n) is 7.14. The summed E-state index contributed by atoms with van der Waals surface area (Å²) >= 11 is 0. The molecule has 3 heterocycles. The molecule has 1 aliphatic rings. The quantitative estimate of drug-likeness (QED) is 0.154. The number of nitrogen functional groups attached to an aromatic ring is 1. The number of imidazole rings is 1. The summed E-state index contributed by atoms with van der Waals surface area (Å²) in [7, 11) is 0. The van der Waals surface area contributed by atoms with Crippen LogP contribution in [0.25, 0.3) is 11.2 Å². The average molecular weight is 534 g/mol. The van der Waals surface area contributed by atoms with E-state index < -0.39 is 30.1 Å². The smallest absolute Gasteiger partial charge is 0.280 e. The number of nitrogens with zero attached hydrogens (tertiary/aromatic N) is 3. The number of hydrogen-bond donors (Lipinski definition) is 4. The van der Waals surface area contributed by atoms with Crippen molar-refractivity contribution in [1.29, 1.82) is 0 Å². The molecule has 0 amide bonds. The second kappa shape index (κ2) is 16.6. The van der Waals surface area contributed by atoms with E-state index in [0.717, 1.165) is 12.8 Å². The molecule has 0 saturated carbocycles. The Morgan fingerprint density at radius 2 is 1.63 bits per heavy atom. The topological polar surface area (TPSA) is 149 Å². The number of aromatic amines is 1. The molecule has 214 valence electrons. The highest BCUT2D eigenvalue weighted by Gasteiger charge is 2.44. The highest BCUT2D eigenvalue weighted by atomic mass is 16.6. The maximum atomic E-state index is 12.0. The SMILES string of the molecule is CCCCCCCC/C=C\CCCCCCCCOC[C@H]1O[C@@H](n2cnc3c(=O)[nH]c(N)nc32)[C@H](O)[C@@H]1O. The number of nitrogens with one attached hydrogen (secondary N) is 1. The Morgan fingerprint density at radius 1 is 1.00 bits per heavy atom. The fraction of sp³-hybridized carbons (Fsp3) is 0.750. The van der Waals surface area contributed by atoms with Gasteiger partial charge in [0.25, 0.3) is 5.56 Å². The predicted octanol–water partition coefficient (Wildman–Crippen LogP) is 4.38. The van der Waals surface area contributed by atoms with Crippen molar-refractivity contribution in [3.05, 3.63) is 28.8 Å². The van der Waals surface area contributed by atoms with Crippen LogP contribution in [0.2, 0.25) is 0 Å². The summed E-state index contributed by atoms with van der Waals surface area (Å²) in [5.74, 6) is -0.0622. The minimum absolute atomic E-state index is 0.0622. The van der Waals surface area contributed by atoms with Crippen LogP contribution >= 0.6 is 0 Å². The summed E-state index contributed by atoms with van der Waals surface area (Å²) in [6, 6.07) is 0. The highest BCUT2D eigenvalue weighted by molar-refractivity contribution is 5.70. The minimum Gasteiger partial charge on any atom is -0.387 e. The molecule has 1 fully saturated rings. The Hall–Kier alpha value is -2.27. The summed E-state index contributed by atoms with van der Waals surface area (Å²) in [5, 5.41) is 21.0. The van der Waals surface area contributed by atoms with Crippen LogP contribution in [0, 0.1) is 0 Å². The van der Waals surface area contributed by atoms with E-state index in [2.05, 4.69) is 34.0 Å². The molecule has 5 N–H and O–H groups in total. The number of rotatable bonds is 19. The maximum absolute atomic E-state index is 12.0. The van der Waals surface area contributed by atoms with Gasteiger partial charge in [-0.05, 0) is 32.1 Å². The summed E-state index contributed by atoms with van der Waals surface area (Å²) in [5.41, 5.74) is 5.44. The van der Waals surface area contributed by atoms with Gasteiger partial charge in [-0.15, -0.1) is 0 Å². The van der Waals surface area contributed by atoms with E-state index in [1.54, 1.807) is 0 Å². The Kier molecular flexibility index (Phi) is 13.3. The van der Waals surface area contributed by atoms with Gasteiger partial charge >= 0.3 is 0 Å². The first kappa shape index (κ1) is 30.3. The number of hydrogen-bond acceptors (Lipinski definition) is 8. The van der Waals surface area contributed by atoms with Gasteiger partial charge in [0.1, 0.15) is 18.3 Å². The molecule has 0 spiro atoms. The molecule has 2 aromatic rings. The van der Waals surface area contributed by atoms with Crippen LogP contribution in [0.1, 0.15) is 103 Å². The predicted molar refractivity (Wildman–Crippen MR) is 149 cm³/mol. The van der Waals surface area contributed by atoms with Crippen LogP contribution in [0.15, 0.2) is 23.3 Å². The fourth-order valence-corrected chi connectivity index (χ4v) is 4.88. The van der Waals surface area contributed by atoms with Crippen LogP contribution in [0.3, 0.4) is 0 Å². The van der Waals surface area contributed by atoms with Gasteiger partial charge in [0.05, 0.1) is 12.9 Å². The number of anilines is 1. The van der Waals surface area contributed by atoms with Crippen molar-refractivity contribution in [2.45, 2.75) is 121 Å². The fourth-order valence-electron chi connectivity index (χ4n) is 4.88. The zero-order valence-electron chi connectivity index (χ0n) is 22.9. The van der Waals surface area contributed by atoms with E-state index in [-0.39, 0.29) is 23.7 Å². The normalized spacial score (nSPS) is 21.8. The average Bonchev–Trinajstić information content (AvgIpc) is 3.44. The van der Waals surface area contributed by atoms with Gasteiger partial charge in [0, 0.05) is 6.61 Å². The summed E-state index contributed by atoms with van der Waals surface area (Å²) in [4.78, 5) is 22.5. The number of aromatic nitrogens is 4. The van der Waals surface area contributed by atoms with E-state index >= 15 is 0 Å². The Bertz CT molecular complexity index is 1020. The molecule has 2 aromatic heterocycles. The number of ether oxygens (including phenoxy) is 2. The van der Waals surface area contributed by atoms with Crippen LogP contribution in [-0.2, 0) is 9.47 Å². The van der Waals surface area contributed by atoms with Gasteiger partial charge in [-0.2, -0.15) is 4.98 Å². The van der Waals surface area contributed by atoms with Crippen LogP contribution in [-0.4, -0.2) is 61.3 Å². The maximum Gasteiger partial charge on any atom is 0.280 e. The first-order valence-electron chi connectivity index (χ1n) is 14.5. The molecule has 10 nitrogen and oxygen atoms in total. The van der Waals surface area contributed by atoms with Crippen molar-refractivity contribution < 1.29 is 19.7 Å². The van der Waals surface area contributed by atoms with Crippen molar-refractivity contribution >= 4 is 17.1 Å². The van der Waals surface area contributed by atoms with E-state index in [9.17, 15) is 15.0 Å². The Balaban J connectivity index is 1.21. The van der Waals surface area contributed by atoms with Gasteiger partial charge in [0.2, 0.25) is 5.95 Å². The molecule has 3 rings (SSSR count). The van der Waals surface area contributed by atoms with Gasteiger partial charge < -0.3 is 25.4 Å². The van der Waals surface area contributed by atoms with Crippen molar-refractivity contribution in [3.63, 3.8) is 0 Å². The van der Waals surface area contributed by atoms with Gasteiger partial charge in [0.15, 0.2) is 17.4 Å². The van der Waals surface area contributed by atoms with Crippen molar-refractivity contribution in [3.8, 4) is 0 Å². The molecular formula is C28H47N5O5. The van der Waals surface area contributed by atoms with Crippen molar-refractivity contribution in [1.82, 2.24) is 19.5 Å². The molecule has 0 unspecified atom stereocenters. The summed E-state index contributed by atoms with van der Waals surface area (Å²) in [6.45, 7) is 3.01. The molecule has 4 atom stereocenters. The third kappa shape index (κ3) is 9.18. The highest BCUT2D eigenvalue weighted by Crippen LogP contribution is 2.31. The minimum atomic E-state index is -1.21. The third-order valence-corrected chi connectivity index (χ3v) is 7.14. The van der Waals surface area contributed by atoms with Crippen molar-refractivity contribution in [2.75, 3.05) is 18.9 Å². The molecule has 0 radical (unpaired) electrons. The number of nitrogens with two attached hydrogens (primary N) is 1. The summed E-state index contributed by atoms with van der Waals surface area (Å²) in [6.07, 6.45) is 19.6. The first-order valence-corrected chi connectivity index (χ1v) is 14.5. The van der Waals surface area contributed by atoms with Gasteiger partial charge in [-0.3, -0.25) is 14.3 Å². The molecule has 0 aliphatic carbocycles. The van der Waals surface area contributed by atoms with Crippen LogP contribution in [0.5, 0.6) is 0 Å². The lowest BCUT2D eigenvalue weighted by Gasteiger charge is -2.16. The van der Waals surface area contributed by atoms with Crippen LogP contribution in [0.4, 0.5) is 5.95 Å². The lowest BCUT2D eigenvalue weighted by molar-refractivity contribution is -0.0657. The summed E-state index contributed by atoms with van der Waals surface area (Å²) < 4.78 is 13.0.